The van der Waals surface area contributed by atoms with E-state index in [4.69, 9.17) is 16.7 Å². The first kappa shape index (κ1) is 14.4. The van der Waals surface area contributed by atoms with Gasteiger partial charge in [0.2, 0.25) is 0 Å². The van der Waals surface area contributed by atoms with Gasteiger partial charge in [-0.1, -0.05) is 45.7 Å². The molecule has 2 rings (SSSR count). The number of halogens is 2. The average Bonchev–Trinajstić information content (AvgIpc) is 2.38. The van der Waals surface area contributed by atoms with E-state index in [-0.39, 0.29) is 6.61 Å². The minimum absolute atomic E-state index is 0.00927. The fourth-order valence-electron chi connectivity index (χ4n) is 1.95. The standard InChI is InChI=1S/C15H15BrClNO/c1-18(9-11-3-2-4-13(16)7-11)15-6-5-12(10-19)8-14(15)17/h2-8,19H,9-10H2,1H3. The van der Waals surface area contributed by atoms with E-state index in [2.05, 4.69) is 33.0 Å². The summed E-state index contributed by atoms with van der Waals surface area (Å²) >= 11 is 9.71. The molecular formula is C15H15BrClNO. The number of benzene rings is 2. The van der Waals surface area contributed by atoms with Gasteiger partial charge in [0.25, 0.3) is 0 Å². The van der Waals surface area contributed by atoms with Gasteiger partial charge in [-0.05, 0) is 35.4 Å². The molecule has 2 nitrogen and oxygen atoms in total. The number of hydrogen-bond donors (Lipinski definition) is 1. The largest absolute Gasteiger partial charge is 0.392 e. The molecule has 0 saturated heterocycles. The molecule has 0 heterocycles. The molecule has 0 amide bonds. The Bertz CT molecular complexity index is 574. The van der Waals surface area contributed by atoms with Gasteiger partial charge in [0.1, 0.15) is 0 Å². The zero-order valence-corrected chi connectivity index (χ0v) is 12.9. The molecule has 1 N–H and O–H groups in total. The highest BCUT2D eigenvalue weighted by atomic mass is 79.9. The molecular weight excluding hydrogens is 326 g/mol. The molecule has 0 radical (unpaired) electrons. The van der Waals surface area contributed by atoms with Crippen LogP contribution in [0.15, 0.2) is 46.9 Å². The molecule has 0 aliphatic carbocycles. The summed E-state index contributed by atoms with van der Waals surface area (Å²) in [6.07, 6.45) is 0. The summed E-state index contributed by atoms with van der Waals surface area (Å²) in [7, 11) is 2.00. The summed E-state index contributed by atoms with van der Waals surface area (Å²) in [6.45, 7) is 0.785. The lowest BCUT2D eigenvalue weighted by Crippen LogP contribution is -2.16. The molecule has 19 heavy (non-hydrogen) atoms. The van der Waals surface area contributed by atoms with Gasteiger partial charge < -0.3 is 10.0 Å². The van der Waals surface area contributed by atoms with Crippen molar-refractivity contribution < 1.29 is 5.11 Å². The lowest BCUT2D eigenvalue weighted by Gasteiger charge is -2.21. The molecule has 0 spiro atoms. The van der Waals surface area contributed by atoms with Crippen LogP contribution in [0.4, 0.5) is 5.69 Å². The third-order valence-corrected chi connectivity index (χ3v) is 3.71. The monoisotopic (exact) mass is 339 g/mol. The van der Waals surface area contributed by atoms with Gasteiger partial charge in [0, 0.05) is 18.1 Å². The number of hydrogen-bond acceptors (Lipinski definition) is 2. The van der Waals surface area contributed by atoms with Gasteiger partial charge in [-0.15, -0.1) is 0 Å². The minimum Gasteiger partial charge on any atom is -0.392 e. The van der Waals surface area contributed by atoms with Crippen LogP contribution in [0.3, 0.4) is 0 Å². The maximum Gasteiger partial charge on any atom is 0.0682 e. The Morgan fingerprint density at radius 1 is 1.16 bits per heavy atom. The maximum absolute atomic E-state index is 9.08. The Hall–Kier alpha value is -1.03. The Balaban J connectivity index is 2.18. The SMILES string of the molecule is CN(Cc1cccc(Br)c1)c1ccc(CO)cc1Cl. The zero-order chi connectivity index (χ0) is 13.8. The normalized spacial score (nSPS) is 10.5. The number of anilines is 1. The molecule has 0 atom stereocenters. The highest BCUT2D eigenvalue weighted by Gasteiger charge is 2.07. The highest BCUT2D eigenvalue weighted by Crippen LogP contribution is 2.27. The molecule has 0 aromatic heterocycles. The number of aliphatic hydroxyl groups excluding tert-OH is 1. The van der Waals surface area contributed by atoms with Crippen LogP contribution in [0.2, 0.25) is 5.02 Å². The van der Waals surface area contributed by atoms with Gasteiger partial charge >= 0.3 is 0 Å². The van der Waals surface area contributed by atoms with Crippen LogP contribution in [0, 0.1) is 0 Å². The number of aliphatic hydroxyl groups is 1. The second-order valence-electron chi connectivity index (χ2n) is 4.43. The first-order valence-electron chi connectivity index (χ1n) is 5.95. The molecule has 0 unspecified atom stereocenters. The Morgan fingerprint density at radius 3 is 2.58 bits per heavy atom. The van der Waals surface area contributed by atoms with Gasteiger partial charge in [-0.25, -0.2) is 0 Å². The van der Waals surface area contributed by atoms with Gasteiger partial charge in [0.05, 0.1) is 17.3 Å². The smallest absolute Gasteiger partial charge is 0.0682 e. The maximum atomic E-state index is 9.08. The Kier molecular flexibility index (Phi) is 4.86. The van der Waals surface area contributed by atoms with E-state index >= 15 is 0 Å². The summed E-state index contributed by atoms with van der Waals surface area (Å²) < 4.78 is 1.07. The Labute approximate surface area is 126 Å². The van der Waals surface area contributed by atoms with Gasteiger partial charge in [-0.2, -0.15) is 0 Å². The third kappa shape index (κ3) is 3.72. The summed E-state index contributed by atoms with van der Waals surface area (Å²) in [4.78, 5) is 2.09. The fraction of sp³-hybridized carbons (Fsp3) is 0.200. The Morgan fingerprint density at radius 2 is 1.95 bits per heavy atom. The van der Waals surface area contributed by atoms with Crippen molar-refractivity contribution >= 4 is 33.2 Å². The van der Waals surface area contributed by atoms with E-state index < -0.39 is 0 Å². The molecule has 100 valence electrons. The van der Waals surface area contributed by atoms with Crippen LogP contribution < -0.4 is 4.90 Å². The topological polar surface area (TPSA) is 23.5 Å². The van der Waals surface area contributed by atoms with E-state index in [9.17, 15) is 0 Å². The van der Waals surface area contributed by atoms with Crippen LogP contribution >= 0.6 is 27.5 Å². The van der Waals surface area contributed by atoms with Crippen LogP contribution in [0.1, 0.15) is 11.1 Å². The molecule has 0 aliphatic heterocycles. The molecule has 4 heteroatoms. The summed E-state index contributed by atoms with van der Waals surface area (Å²) in [5, 5.41) is 9.74. The van der Waals surface area contributed by atoms with E-state index in [0.29, 0.717) is 5.02 Å². The summed E-state index contributed by atoms with van der Waals surface area (Å²) in [6, 6.07) is 13.8. The summed E-state index contributed by atoms with van der Waals surface area (Å²) in [5.41, 5.74) is 2.99. The van der Waals surface area contributed by atoms with Crippen molar-refractivity contribution in [2.45, 2.75) is 13.2 Å². The predicted molar refractivity (Wildman–Crippen MR) is 83.6 cm³/mol. The number of nitrogens with zero attached hydrogens (tertiary/aromatic N) is 1. The van der Waals surface area contributed by atoms with Crippen molar-refractivity contribution in [1.82, 2.24) is 0 Å². The predicted octanol–water partition coefficient (Wildman–Crippen LogP) is 4.23. The highest BCUT2D eigenvalue weighted by molar-refractivity contribution is 9.10. The van der Waals surface area contributed by atoms with Crippen LogP contribution in [0.5, 0.6) is 0 Å². The van der Waals surface area contributed by atoms with E-state index in [1.54, 1.807) is 6.07 Å². The molecule has 0 bridgehead atoms. The second-order valence-corrected chi connectivity index (χ2v) is 5.75. The van der Waals surface area contributed by atoms with Crippen molar-refractivity contribution in [3.63, 3.8) is 0 Å². The van der Waals surface area contributed by atoms with Gasteiger partial charge in [0.15, 0.2) is 0 Å². The molecule has 2 aromatic carbocycles. The number of rotatable bonds is 4. The quantitative estimate of drug-likeness (QED) is 0.900. The van der Waals surface area contributed by atoms with Crippen molar-refractivity contribution in [3.8, 4) is 0 Å². The van der Waals surface area contributed by atoms with E-state index in [0.717, 1.165) is 22.3 Å². The molecule has 0 saturated carbocycles. The fourth-order valence-corrected chi connectivity index (χ4v) is 2.75. The summed E-state index contributed by atoms with van der Waals surface area (Å²) in [5.74, 6) is 0. The van der Waals surface area contributed by atoms with Crippen molar-refractivity contribution in [2.75, 3.05) is 11.9 Å². The van der Waals surface area contributed by atoms with Crippen molar-refractivity contribution in [1.29, 1.82) is 0 Å². The lowest BCUT2D eigenvalue weighted by atomic mass is 10.1. The van der Waals surface area contributed by atoms with Crippen LogP contribution in [0.25, 0.3) is 0 Å². The van der Waals surface area contributed by atoms with E-state index in [1.807, 2.05) is 31.3 Å². The van der Waals surface area contributed by atoms with Crippen LogP contribution in [-0.4, -0.2) is 12.2 Å². The molecule has 0 fully saturated rings. The molecule has 0 aliphatic rings. The first-order valence-corrected chi connectivity index (χ1v) is 7.12. The molecule has 2 aromatic rings. The van der Waals surface area contributed by atoms with Crippen molar-refractivity contribution in [2.24, 2.45) is 0 Å². The van der Waals surface area contributed by atoms with Crippen LogP contribution in [-0.2, 0) is 13.2 Å². The first-order chi connectivity index (χ1) is 9.10. The second kappa shape index (κ2) is 6.42. The average molecular weight is 341 g/mol. The van der Waals surface area contributed by atoms with Gasteiger partial charge in [-0.3, -0.25) is 0 Å². The minimum atomic E-state index is 0.00927. The zero-order valence-electron chi connectivity index (χ0n) is 10.6. The van der Waals surface area contributed by atoms with Crippen molar-refractivity contribution in [3.05, 3.63) is 63.1 Å². The van der Waals surface area contributed by atoms with E-state index in [1.165, 1.54) is 5.56 Å². The third-order valence-electron chi connectivity index (χ3n) is 2.91. The lowest BCUT2D eigenvalue weighted by molar-refractivity contribution is 0.282.